The number of Topliss-reactive ketones (excluding diaryl/α,β-unsaturated/α-hetero) is 1. The molecule has 0 aliphatic carbocycles. The maximum atomic E-state index is 13.1. The van der Waals surface area contributed by atoms with Gasteiger partial charge in [-0.2, -0.15) is 18.4 Å². The molecule has 0 amide bonds. The van der Waals surface area contributed by atoms with Crippen molar-refractivity contribution in [3.8, 4) is 6.07 Å². The molecule has 5 heteroatoms. The lowest BCUT2D eigenvalue weighted by Crippen LogP contribution is -2.18. The number of benzene rings is 2. The Kier molecular flexibility index (Phi) is 5.03. The van der Waals surface area contributed by atoms with Crippen LogP contribution in [0.1, 0.15) is 53.7 Å². The largest absolute Gasteiger partial charge is 0.417 e. The zero-order valence-electron chi connectivity index (χ0n) is 14.2. The number of rotatable bonds is 3. The summed E-state index contributed by atoms with van der Waals surface area (Å²) in [5.74, 6) is -2.13. The zero-order chi connectivity index (χ0) is 18.8. The van der Waals surface area contributed by atoms with Crippen LogP contribution in [0, 0.1) is 11.3 Å². The predicted molar refractivity (Wildman–Crippen MR) is 89.3 cm³/mol. The van der Waals surface area contributed by atoms with Gasteiger partial charge in [0.05, 0.1) is 11.6 Å². The van der Waals surface area contributed by atoms with E-state index in [0.29, 0.717) is 5.56 Å². The van der Waals surface area contributed by atoms with Crippen LogP contribution >= 0.6 is 0 Å². The number of carbonyl (C=O) groups is 1. The standard InChI is InChI=1S/C20H18F3NO/c1-19(2,3)14-10-8-13(9-11-14)16(12-24)18(25)15-6-4-5-7-17(15)20(21,22)23/h4-11,16H,1-3H3. The fourth-order valence-electron chi connectivity index (χ4n) is 2.56. The highest BCUT2D eigenvalue weighted by Gasteiger charge is 2.36. The van der Waals surface area contributed by atoms with E-state index in [-0.39, 0.29) is 5.41 Å². The fraction of sp³-hybridized carbons (Fsp3) is 0.300. The molecule has 0 N–H and O–H groups in total. The molecule has 2 nitrogen and oxygen atoms in total. The molecule has 25 heavy (non-hydrogen) atoms. The highest BCUT2D eigenvalue weighted by molar-refractivity contribution is 6.04. The van der Waals surface area contributed by atoms with Crippen LogP contribution in [-0.2, 0) is 11.6 Å². The van der Waals surface area contributed by atoms with Crippen LogP contribution in [0.4, 0.5) is 13.2 Å². The Labute approximate surface area is 144 Å². The van der Waals surface area contributed by atoms with Crippen molar-refractivity contribution in [1.82, 2.24) is 0 Å². The van der Waals surface area contributed by atoms with Gasteiger partial charge < -0.3 is 0 Å². The van der Waals surface area contributed by atoms with Crippen LogP contribution in [-0.4, -0.2) is 5.78 Å². The van der Waals surface area contributed by atoms with Crippen LogP contribution in [0.3, 0.4) is 0 Å². The molecule has 0 aromatic heterocycles. The van der Waals surface area contributed by atoms with Crippen molar-refractivity contribution in [2.24, 2.45) is 0 Å². The number of alkyl halides is 3. The third kappa shape index (κ3) is 4.08. The molecule has 0 heterocycles. The van der Waals surface area contributed by atoms with Crippen molar-refractivity contribution in [1.29, 1.82) is 5.26 Å². The first-order valence-electron chi connectivity index (χ1n) is 7.76. The summed E-state index contributed by atoms with van der Waals surface area (Å²) in [7, 11) is 0. The molecule has 0 saturated heterocycles. The number of ketones is 1. The van der Waals surface area contributed by atoms with Crippen LogP contribution in [0.15, 0.2) is 48.5 Å². The van der Waals surface area contributed by atoms with E-state index in [0.717, 1.165) is 17.7 Å². The number of halogens is 3. The van der Waals surface area contributed by atoms with Gasteiger partial charge in [0.25, 0.3) is 0 Å². The second-order valence-corrected chi connectivity index (χ2v) is 6.84. The molecule has 0 bridgehead atoms. The second-order valence-electron chi connectivity index (χ2n) is 6.84. The van der Waals surface area contributed by atoms with E-state index >= 15 is 0 Å². The zero-order valence-corrected chi connectivity index (χ0v) is 14.2. The Morgan fingerprint density at radius 3 is 2.04 bits per heavy atom. The quantitative estimate of drug-likeness (QED) is 0.690. The van der Waals surface area contributed by atoms with Gasteiger partial charge in [0.1, 0.15) is 5.92 Å². The first-order valence-corrected chi connectivity index (χ1v) is 7.76. The van der Waals surface area contributed by atoms with Gasteiger partial charge in [-0.3, -0.25) is 4.79 Å². The van der Waals surface area contributed by atoms with Crippen LogP contribution in [0.25, 0.3) is 0 Å². The van der Waals surface area contributed by atoms with Gasteiger partial charge in [0, 0.05) is 5.56 Å². The number of hydrogen-bond donors (Lipinski definition) is 0. The molecule has 2 aromatic carbocycles. The van der Waals surface area contributed by atoms with Crippen molar-refractivity contribution in [2.75, 3.05) is 0 Å². The normalized spacial score (nSPS) is 13.2. The van der Waals surface area contributed by atoms with Gasteiger partial charge in [-0.25, -0.2) is 0 Å². The summed E-state index contributed by atoms with van der Waals surface area (Å²) >= 11 is 0. The van der Waals surface area contributed by atoms with E-state index in [2.05, 4.69) is 0 Å². The molecule has 0 aliphatic heterocycles. The SMILES string of the molecule is CC(C)(C)c1ccc(C(C#N)C(=O)c2ccccc2C(F)(F)F)cc1. The average molecular weight is 345 g/mol. The summed E-state index contributed by atoms with van der Waals surface area (Å²) in [5, 5.41) is 9.38. The molecule has 0 radical (unpaired) electrons. The lowest BCUT2D eigenvalue weighted by Gasteiger charge is -2.20. The second kappa shape index (κ2) is 6.72. The van der Waals surface area contributed by atoms with Gasteiger partial charge in [0.2, 0.25) is 0 Å². The van der Waals surface area contributed by atoms with E-state index in [1.165, 1.54) is 12.1 Å². The van der Waals surface area contributed by atoms with Crippen LogP contribution in [0.5, 0.6) is 0 Å². The van der Waals surface area contributed by atoms with Gasteiger partial charge >= 0.3 is 6.18 Å². The number of carbonyl (C=O) groups excluding carboxylic acids is 1. The molecule has 1 atom stereocenters. The van der Waals surface area contributed by atoms with Crippen LogP contribution in [0.2, 0.25) is 0 Å². The first-order chi connectivity index (χ1) is 11.6. The average Bonchev–Trinajstić information content (AvgIpc) is 2.54. The maximum Gasteiger partial charge on any atom is 0.417 e. The van der Waals surface area contributed by atoms with Crippen molar-refractivity contribution in [3.05, 3.63) is 70.8 Å². The molecule has 0 aliphatic rings. The van der Waals surface area contributed by atoms with Gasteiger partial charge in [-0.1, -0.05) is 63.2 Å². The topological polar surface area (TPSA) is 40.9 Å². The van der Waals surface area contributed by atoms with E-state index in [9.17, 15) is 23.2 Å². The minimum absolute atomic E-state index is 0.104. The van der Waals surface area contributed by atoms with E-state index in [1.54, 1.807) is 24.3 Å². The number of hydrogen-bond acceptors (Lipinski definition) is 2. The third-order valence-electron chi connectivity index (χ3n) is 4.00. The van der Waals surface area contributed by atoms with Crippen LogP contribution < -0.4 is 0 Å². The summed E-state index contributed by atoms with van der Waals surface area (Å²) in [6.07, 6.45) is -4.65. The Hall–Kier alpha value is -2.61. The summed E-state index contributed by atoms with van der Waals surface area (Å²) < 4.78 is 39.4. The summed E-state index contributed by atoms with van der Waals surface area (Å²) in [5.41, 5.74) is -0.213. The molecule has 2 aromatic rings. The summed E-state index contributed by atoms with van der Waals surface area (Å²) in [6, 6.07) is 13.2. The highest BCUT2D eigenvalue weighted by atomic mass is 19.4. The maximum absolute atomic E-state index is 13.1. The van der Waals surface area contributed by atoms with Crippen molar-refractivity contribution in [3.63, 3.8) is 0 Å². The molecule has 0 fully saturated rings. The van der Waals surface area contributed by atoms with Crippen molar-refractivity contribution >= 4 is 5.78 Å². The monoisotopic (exact) mass is 345 g/mol. The number of nitrogens with zero attached hydrogens (tertiary/aromatic N) is 1. The molecular weight excluding hydrogens is 327 g/mol. The molecule has 1 unspecified atom stereocenters. The Balaban J connectivity index is 2.43. The smallest absolute Gasteiger partial charge is 0.292 e. The van der Waals surface area contributed by atoms with Crippen molar-refractivity contribution in [2.45, 2.75) is 38.3 Å². The Bertz CT molecular complexity index is 809. The van der Waals surface area contributed by atoms with Gasteiger partial charge in [-0.15, -0.1) is 0 Å². The molecule has 0 spiro atoms. The highest BCUT2D eigenvalue weighted by Crippen LogP contribution is 2.34. The molecule has 130 valence electrons. The lowest BCUT2D eigenvalue weighted by molar-refractivity contribution is -0.137. The number of nitriles is 1. The summed E-state index contributed by atoms with van der Waals surface area (Å²) in [4.78, 5) is 12.6. The van der Waals surface area contributed by atoms with E-state index in [4.69, 9.17) is 0 Å². The lowest BCUT2D eigenvalue weighted by atomic mass is 9.84. The van der Waals surface area contributed by atoms with Gasteiger partial charge in [-0.05, 0) is 22.6 Å². The third-order valence-corrected chi connectivity index (χ3v) is 4.00. The Morgan fingerprint density at radius 1 is 1.00 bits per heavy atom. The fourth-order valence-corrected chi connectivity index (χ4v) is 2.56. The van der Waals surface area contributed by atoms with E-state index < -0.39 is 29.0 Å². The minimum Gasteiger partial charge on any atom is -0.292 e. The first kappa shape index (κ1) is 18.7. The molecule has 0 saturated carbocycles. The minimum atomic E-state index is -4.65. The predicted octanol–water partition coefficient (Wildman–Crippen LogP) is 5.49. The van der Waals surface area contributed by atoms with Crippen molar-refractivity contribution < 1.29 is 18.0 Å². The van der Waals surface area contributed by atoms with Gasteiger partial charge in [0.15, 0.2) is 5.78 Å². The Morgan fingerprint density at radius 2 is 1.56 bits per heavy atom. The summed E-state index contributed by atoms with van der Waals surface area (Å²) in [6.45, 7) is 6.07. The van der Waals surface area contributed by atoms with E-state index in [1.807, 2.05) is 26.8 Å². The molecule has 2 rings (SSSR count). The molecular formula is C20H18F3NO.